The molecule has 0 bridgehead atoms. The molecule has 8 nitrogen and oxygen atoms in total. The van der Waals surface area contributed by atoms with Gasteiger partial charge in [-0.25, -0.2) is 9.78 Å². The molecule has 2 fully saturated rings. The van der Waals surface area contributed by atoms with Crippen LogP contribution < -0.4 is 0 Å². The van der Waals surface area contributed by atoms with Gasteiger partial charge in [0.1, 0.15) is 11.2 Å². The van der Waals surface area contributed by atoms with Crippen molar-refractivity contribution in [3.63, 3.8) is 0 Å². The van der Waals surface area contributed by atoms with Crippen molar-refractivity contribution in [1.29, 1.82) is 0 Å². The van der Waals surface area contributed by atoms with Crippen LogP contribution in [0.1, 0.15) is 63.4 Å². The van der Waals surface area contributed by atoms with Crippen LogP contribution in [0.4, 0.5) is 4.79 Å². The summed E-state index contributed by atoms with van der Waals surface area (Å²) in [7, 11) is 0. The summed E-state index contributed by atoms with van der Waals surface area (Å²) in [6, 6.07) is 4.20. The summed E-state index contributed by atoms with van der Waals surface area (Å²) in [6.07, 6.45) is 4.15. The molecule has 2 amide bonds. The number of aromatic nitrogens is 2. The molecule has 2 aromatic heterocycles. The lowest BCUT2D eigenvalue weighted by Crippen LogP contribution is -2.48. The van der Waals surface area contributed by atoms with Gasteiger partial charge < -0.3 is 23.7 Å². The number of carbonyl (C=O) groups is 2. The third kappa shape index (κ3) is 5.49. The highest BCUT2D eigenvalue weighted by Crippen LogP contribution is 2.32. The molecule has 1 unspecified atom stereocenters. The lowest BCUT2D eigenvalue weighted by atomic mass is 9.91. The largest absolute Gasteiger partial charge is 0.444 e. The third-order valence-electron chi connectivity index (χ3n) is 6.45. The zero-order valence-corrected chi connectivity index (χ0v) is 20.5. The predicted octanol–water partition coefficient (Wildman–Crippen LogP) is 3.55. The number of hydrogen-bond donors (Lipinski definition) is 0. The van der Waals surface area contributed by atoms with E-state index in [0.29, 0.717) is 32.0 Å². The van der Waals surface area contributed by atoms with Crippen LogP contribution in [0.2, 0.25) is 0 Å². The van der Waals surface area contributed by atoms with E-state index in [1.54, 1.807) is 11.8 Å². The number of morpholine rings is 1. The fourth-order valence-corrected chi connectivity index (χ4v) is 4.76. The first kappa shape index (κ1) is 23.5. The topological polar surface area (TPSA) is 76.4 Å². The highest BCUT2D eigenvalue weighted by Gasteiger charge is 2.32. The monoisotopic (exact) mass is 456 g/mol. The number of nitrogens with zero attached hydrogens (tertiary/aromatic N) is 4. The quantitative estimate of drug-likeness (QED) is 0.706. The Morgan fingerprint density at radius 3 is 2.58 bits per heavy atom. The lowest BCUT2D eigenvalue weighted by Gasteiger charge is -2.35. The molecule has 2 aliphatic heterocycles. The number of piperidine rings is 1. The molecule has 2 aromatic rings. The standard InChI is InChI=1S/C25H36N4O4/c1-17-6-11-29-21(15-20-16-28(12-13-32-20)24(31)33-25(3,4)5)23(26-22(29)14-17)19-7-9-27(10-8-19)18(2)30/h6,11,14,19-20H,7-10,12-13,15-16H2,1-5H3. The van der Waals surface area contributed by atoms with Crippen LogP contribution in [-0.2, 0) is 20.7 Å². The molecular formula is C25H36N4O4. The van der Waals surface area contributed by atoms with Crippen molar-refractivity contribution in [2.75, 3.05) is 32.8 Å². The predicted molar refractivity (Wildman–Crippen MR) is 125 cm³/mol. The highest BCUT2D eigenvalue weighted by atomic mass is 16.6. The molecule has 4 heterocycles. The summed E-state index contributed by atoms with van der Waals surface area (Å²) in [5.41, 5.74) is 3.83. The van der Waals surface area contributed by atoms with Gasteiger partial charge in [-0.05, 0) is 58.2 Å². The van der Waals surface area contributed by atoms with Crippen LogP contribution in [-0.4, -0.2) is 75.7 Å². The minimum atomic E-state index is -0.522. The maximum Gasteiger partial charge on any atom is 0.410 e. The summed E-state index contributed by atoms with van der Waals surface area (Å²) >= 11 is 0. The van der Waals surface area contributed by atoms with Crippen LogP contribution in [0, 0.1) is 6.92 Å². The van der Waals surface area contributed by atoms with Gasteiger partial charge in [0.05, 0.1) is 24.9 Å². The zero-order chi connectivity index (χ0) is 23.8. The molecule has 0 N–H and O–H groups in total. The molecule has 33 heavy (non-hydrogen) atoms. The number of amides is 2. The third-order valence-corrected chi connectivity index (χ3v) is 6.45. The average Bonchev–Trinajstić information content (AvgIpc) is 3.10. The first-order valence-corrected chi connectivity index (χ1v) is 11.9. The summed E-state index contributed by atoms with van der Waals surface area (Å²) in [6.45, 7) is 12.4. The number of pyridine rings is 1. The van der Waals surface area contributed by atoms with Crippen LogP contribution in [0.3, 0.4) is 0 Å². The molecule has 180 valence electrons. The Kier molecular flexibility index (Phi) is 6.66. The van der Waals surface area contributed by atoms with E-state index in [2.05, 4.69) is 29.7 Å². The Bertz CT molecular complexity index is 1020. The molecule has 0 aromatic carbocycles. The second-order valence-corrected chi connectivity index (χ2v) is 10.3. The van der Waals surface area contributed by atoms with Crippen molar-refractivity contribution in [2.45, 2.75) is 71.5 Å². The molecule has 1 atom stereocenters. The van der Waals surface area contributed by atoms with E-state index >= 15 is 0 Å². The van der Waals surface area contributed by atoms with Gasteiger partial charge >= 0.3 is 6.09 Å². The number of rotatable bonds is 3. The minimum Gasteiger partial charge on any atom is -0.444 e. The first-order chi connectivity index (χ1) is 15.6. The highest BCUT2D eigenvalue weighted by molar-refractivity contribution is 5.73. The molecule has 2 aliphatic rings. The Morgan fingerprint density at radius 2 is 1.91 bits per heavy atom. The van der Waals surface area contributed by atoms with Gasteiger partial charge in [-0.15, -0.1) is 0 Å². The van der Waals surface area contributed by atoms with E-state index in [1.165, 1.54) is 5.56 Å². The summed E-state index contributed by atoms with van der Waals surface area (Å²) in [5.74, 6) is 0.443. The van der Waals surface area contributed by atoms with E-state index in [-0.39, 0.29) is 18.1 Å². The summed E-state index contributed by atoms with van der Waals surface area (Å²) in [5, 5.41) is 0. The Hall–Kier alpha value is -2.61. The minimum absolute atomic E-state index is 0.122. The molecule has 0 aliphatic carbocycles. The molecule has 2 saturated heterocycles. The number of ether oxygens (including phenoxy) is 2. The maximum absolute atomic E-state index is 12.6. The van der Waals surface area contributed by atoms with E-state index < -0.39 is 5.60 Å². The first-order valence-electron chi connectivity index (χ1n) is 11.9. The number of carbonyl (C=O) groups excluding carboxylic acids is 2. The van der Waals surface area contributed by atoms with Crippen molar-refractivity contribution in [3.8, 4) is 0 Å². The van der Waals surface area contributed by atoms with E-state index in [0.717, 1.165) is 43.0 Å². The van der Waals surface area contributed by atoms with Crippen LogP contribution in [0.5, 0.6) is 0 Å². The second-order valence-electron chi connectivity index (χ2n) is 10.3. The van der Waals surface area contributed by atoms with Crippen molar-refractivity contribution in [2.24, 2.45) is 0 Å². The normalized spacial score (nSPS) is 20.3. The van der Waals surface area contributed by atoms with Crippen molar-refractivity contribution in [3.05, 3.63) is 35.3 Å². The smallest absolute Gasteiger partial charge is 0.410 e. The molecule has 8 heteroatoms. The van der Waals surface area contributed by atoms with Gasteiger partial charge in [0.25, 0.3) is 0 Å². The summed E-state index contributed by atoms with van der Waals surface area (Å²) in [4.78, 5) is 33.1. The average molecular weight is 457 g/mol. The number of imidazole rings is 1. The van der Waals surface area contributed by atoms with Gasteiger partial charge in [-0.2, -0.15) is 0 Å². The van der Waals surface area contributed by atoms with Gasteiger partial charge in [-0.1, -0.05) is 0 Å². The van der Waals surface area contributed by atoms with Gasteiger partial charge in [-0.3, -0.25) is 4.79 Å². The van der Waals surface area contributed by atoms with E-state index in [1.807, 2.05) is 25.7 Å². The number of likely N-dealkylation sites (tertiary alicyclic amines) is 1. The van der Waals surface area contributed by atoms with Gasteiger partial charge in [0.2, 0.25) is 5.91 Å². The molecule has 0 saturated carbocycles. The van der Waals surface area contributed by atoms with E-state index in [4.69, 9.17) is 14.5 Å². The van der Waals surface area contributed by atoms with Gasteiger partial charge in [0.15, 0.2) is 0 Å². The van der Waals surface area contributed by atoms with Crippen LogP contribution in [0.25, 0.3) is 5.65 Å². The molecule has 0 spiro atoms. The van der Waals surface area contributed by atoms with Crippen molar-refractivity contribution in [1.82, 2.24) is 19.2 Å². The Balaban J connectivity index is 1.56. The lowest BCUT2D eigenvalue weighted by molar-refractivity contribution is -0.129. The SMILES string of the molecule is CC(=O)N1CCC(c2nc3cc(C)ccn3c2CC2CN(C(=O)OC(C)(C)C)CCO2)CC1. The fraction of sp³-hybridized carbons (Fsp3) is 0.640. The molecule has 4 rings (SSSR count). The van der Waals surface area contributed by atoms with Crippen LogP contribution >= 0.6 is 0 Å². The molecular weight excluding hydrogens is 420 g/mol. The van der Waals surface area contributed by atoms with Crippen molar-refractivity contribution >= 4 is 17.6 Å². The van der Waals surface area contributed by atoms with Crippen molar-refractivity contribution < 1.29 is 19.1 Å². The Morgan fingerprint density at radius 1 is 1.18 bits per heavy atom. The number of fused-ring (bicyclic) bond motifs is 1. The van der Waals surface area contributed by atoms with Crippen LogP contribution in [0.15, 0.2) is 18.3 Å². The van der Waals surface area contributed by atoms with E-state index in [9.17, 15) is 9.59 Å². The fourth-order valence-electron chi connectivity index (χ4n) is 4.76. The Labute approximate surface area is 195 Å². The maximum atomic E-state index is 12.6. The second kappa shape index (κ2) is 9.33. The summed E-state index contributed by atoms with van der Waals surface area (Å²) < 4.78 is 13.8. The van der Waals surface area contributed by atoms with Gasteiger partial charge in [0, 0.05) is 50.8 Å². The molecule has 0 radical (unpaired) electrons. The number of hydrogen-bond acceptors (Lipinski definition) is 5. The zero-order valence-electron chi connectivity index (χ0n) is 20.5. The number of aryl methyl sites for hydroxylation is 1.